The second kappa shape index (κ2) is 13.5. The first kappa shape index (κ1) is 32.1. The molecule has 3 rings (SSSR count). The molecule has 1 N–H and O–H groups in total. The number of alkyl carbamates (subject to hydrolysis) is 1. The maximum atomic E-state index is 13.4. The van der Waals surface area contributed by atoms with Gasteiger partial charge in [0, 0.05) is 5.56 Å². The summed E-state index contributed by atoms with van der Waals surface area (Å²) in [5.74, 6) is 0.653. The minimum Gasteiger partial charge on any atom is -0.493 e. The summed E-state index contributed by atoms with van der Waals surface area (Å²) >= 11 is 0. The molecule has 0 bridgehead atoms. The summed E-state index contributed by atoms with van der Waals surface area (Å²) in [6.45, 7) is 8.81. The molecule has 1 amide bonds. The van der Waals surface area contributed by atoms with Crippen LogP contribution in [0.4, 0.5) is 4.79 Å². The molecule has 0 spiro atoms. The van der Waals surface area contributed by atoms with Crippen LogP contribution in [0.15, 0.2) is 30.3 Å². The topological polar surface area (TPSA) is 128 Å². The molecule has 1 aliphatic heterocycles. The molecular formula is C31H39NO10. The number of hydrogen-bond acceptors (Lipinski definition) is 10. The number of ether oxygens (including phenoxy) is 7. The monoisotopic (exact) mass is 585 g/mol. The van der Waals surface area contributed by atoms with Crippen molar-refractivity contribution in [1.82, 2.24) is 5.32 Å². The van der Waals surface area contributed by atoms with Crippen LogP contribution in [0.5, 0.6) is 34.5 Å². The maximum Gasteiger partial charge on any atom is 0.408 e. The van der Waals surface area contributed by atoms with Gasteiger partial charge in [-0.15, -0.1) is 0 Å². The number of methoxy groups -OCH3 is 4. The van der Waals surface area contributed by atoms with Crippen LogP contribution in [0.25, 0.3) is 5.57 Å². The molecule has 11 heteroatoms. The van der Waals surface area contributed by atoms with Gasteiger partial charge in [-0.1, -0.05) is 19.9 Å². The Kier molecular flexibility index (Phi) is 10.3. The van der Waals surface area contributed by atoms with E-state index in [1.807, 2.05) is 13.8 Å². The average molecular weight is 586 g/mol. The Morgan fingerprint density at radius 2 is 1.60 bits per heavy atom. The number of amides is 1. The first-order chi connectivity index (χ1) is 19.8. The fourth-order valence-electron chi connectivity index (χ4n) is 4.37. The molecule has 228 valence electrons. The Labute approximate surface area is 246 Å². The van der Waals surface area contributed by atoms with Crippen LogP contribution in [0.3, 0.4) is 0 Å². The van der Waals surface area contributed by atoms with Gasteiger partial charge in [0.05, 0.1) is 28.4 Å². The Morgan fingerprint density at radius 3 is 2.17 bits per heavy atom. The summed E-state index contributed by atoms with van der Waals surface area (Å²) in [4.78, 5) is 38.6. The molecule has 11 nitrogen and oxygen atoms in total. The van der Waals surface area contributed by atoms with Gasteiger partial charge in [0.25, 0.3) is 0 Å². The van der Waals surface area contributed by atoms with E-state index in [4.69, 9.17) is 33.2 Å². The predicted molar refractivity (Wildman–Crippen MR) is 155 cm³/mol. The number of ketones is 1. The van der Waals surface area contributed by atoms with E-state index in [9.17, 15) is 14.4 Å². The molecule has 0 aromatic heterocycles. The van der Waals surface area contributed by atoms with E-state index in [-0.39, 0.29) is 35.6 Å². The highest BCUT2D eigenvalue weighted by atomic mass is 16.6. The quantitative estimate of drug-likeness (QED) is 0.302. The van der Waals surface area contributed by atoms with Crippen LogP contribution >= 0.6 is 0 Å². The largest absolute Gasteiger partial charge is 0.493 e. The van der Waals surface area contributed by atoms with Gasteiger partial charge in [0.1, 0.15) is 11.6 Å². The van der Waals surface area contributed by atoms with Crippen molar-refractivity contribution < 1.29 is 47.5 Å². The number of fused-ring (bicyclic) bond motifs is 1. The molecule has 0 saturated heterocycles. The van der Waals surface area contributed by atoms with Crippen LogP contribution in [0, 0.1) is 5.92 Å². The van der Waals surface area contributed by atoms with E-state index in [1.165, 1.54) is 34.5 Å². The minimum atomic E-state index is -0.984. The van der Waals surface area contributed by atoms with Crippen molar-refractivity contribution in [2.75, 3.05) is 35.0 Å². The number of benzene rings is 2. The normalized spacial score (nSPS) is 13.6. The SMILES string of the molecule is COc1ccc(C2=CC(=O)COc3c2cc(OC)c(OC)c3OC)cc1OC(=O)C(CC(C)C)NC(=O)OC(C)(C)C. The van der Waals surface area contributed by atoms with Gasteiger partial charge in [0.15, 0.2) is 35.4 Å². The zero-order chi connectivity index (χ0) is 31.2. The van der Waals surface area contributed by atoms with Gasteiger partial charge >= 0.3 is 12.1 Å². The van der Waals surface area contributed by atoms with E-state index in [0.717, 1.165) is 0 Å². The molecule has 2 aromatic carbocycles. The highest BCUT2D eigenvalue weighted by Gasteiger charge is 2.30. The minimum absolute atomic E-state index is 0.0614. The van der Waals surface area contributed by atoms with E-state index in [0.29, 0.717) is 40.4 Å². The van der Waals surface area contributed by atoms with Crippen LogP contribution in [-0.2, 0) is 14.3 Å². The van der Waals surface area contributed by atoms with Gasteiger partial charge in [-0.2, -0.15) is 0 Å². The molecule has 1 aliphatic rings. The Balaban J connectivity index is 2.06. The van der Waals surface area contributed by atoms with Crippen LogP contribution < -0.4 is 33.7 Å². The summed E-state index contributed by atoms with van der Waals surface area (Å²) < 4.78 is 39.0. The summed E-state index contributed by atoms with van der Waals surface area (Å²) in [6, 6.07) is 5.61. The van der Waals surface area contributed by atoms with Gasteiger partial charge in [-0.05, 0) is 68.5 Å². The van der Waals surface area contributed by atoms with Gasteiger partial charge in [0.2, 0.25) is 11.5 Å². The van der Waals surface area contributed by atoms with Crippen molar-refractivity contribution in [3.63, 3.8) is 0 Å². The van der Waals surface area contributed by atoms with E-state index >= 15 is 0 Å². The number of nitrogens with one attached hydrogen (secondary N) is 1. The Morgan fingerprint density at radius 1 is 0.929 bits per heavy atom. The van der Waals surface area contributed by atoms with Crippen LogP contribution in [0.2, 0.25) is 0 Å². The maximum absolute atomic E-state index is 13.4. The Hall–Kier alpha value is -4.41. The lowest BCUT2D eigenvalue weighted by Gasteiger charge is -2.24. The fourth-order valence-corrected chi connectivity index (χ4v) is 4.37. The molecule has 2 aromatic rings. The lowest BCUT2D eigenvalue weighted by molar-refractivity contribution is -0.137. The summed E-state index contributed by atoms with van der Waals surface area (Å²) in [5, 5.41) is 2.61. The highest BCUT2D eigenvalue weighted by Crippen LogP contribution is 2.50. The van der Waals surface area contributed by atoms with Crippen molar-refractivity contribution in [2.45, 2.75) is 52.7 Å². The second-order valence-electron chi connectivity index (χ2n) is 11.0. The lowest BCUT2D eigenvalue weighted by atomic mass is 9.95. The van der Waals surface area contributed by atoms with Crippen LogP contribution in [0.1, 0.15) is 52.2 Å². The summed E-state index contributed by atoms with van der Waals surface area (Å²) in [6.07, 6.45) is 1.02. The fraction of sp³-hybridized carbons (Fsp3) is 0.452. The lowest BCUT2D eigenvalue weighted by Crippen LogP contribution is -2.45. The third kappa shape index (κ3) is 7.65. The van der Waals surface area contributed by atoms with Crippen LogP contribution in [-0.4, -0.2) is 64.5 Å². The Bertz CT molecular complexity index is 1360. The smallest absolute Gasteiger partial charge is 0.408 e. The van der Waals surface area contributed by atoms with E-state index in [1.54, 1.807) is 45.0 Å². The molecule has 0 saturated carbocycles. The van der Waals surface area contributed by atoms with Crippen molar-refractivity contribution in [2.24, 2.45) is 5.92 Å². The van der Waals surface area contributed by atoms with Crippen molar-refractivity contribution in [1.29, 1.82) is 0 Å². The number of rotatable bonds is 10. The van der Waals surface area contributed by atoms with Gasteiger partial charge in [-0.25, -0.2) is 9.59 Å². The second-order valence-corrected chi connectivity index (χ2v) is 11.0. The molecule has 0 fully saturated rings. The third-order valence-corrected chi connectivity index (χ3v) is 6.11. The van der Waals surface area contributed by atoms with Gasteiger partial charge in [-0.3, -0.25) is 4.79 Å². The third-order valence-electron chi connectivity index (χ3n) is 6.11. The van der Waals surface area contributed by atoms with Crippen molar-refractivity contribution in [3.8, 4) is 34.5 Å². The molecule has 1 unspecified atom stereocenters. The molecule has 42 heavy (non-hydrogen) atoms. The predicted octanol–water partition coefficient (Wildman–Crippen LogP) is 4.96. The zero-order valence-electron chi connectivity index (χ0n) is 25.5. The van der Waals surface area contributed by atoms with E-state index in [2.05, 4.69) is 5.32 Å². The van der Waals surface area contributed by atoms with Gasteiger partial charge < -0.3 is 38.5 Å². The first-order valence-electron chi connectivity index (χ1n) is 13.4. The standard InChI is InChI=1S/C31H39NO10/c1-17(2)12-22(32-30(35)42-31(3,4)5)29(34)41-24-13-18(10-11-23(24)36-6)20-14-19(33)16-40-26-21(20)15-25(37-7)27(38-8)28(26)39-9/h10-11,13-15,17,22H,12,16H2,1-9H3,(H,32,35). The highest BCUT2D eigenvalue weighted by molar-refractivity contribution is 6.04. The first-order valence-corrected chi connectivity index (χ1v) is 13.4. The molecular weight excluding hydrogens is 546 g/mol. The molecule has 0 aliphatic carbocycles. The molecule has 0 radical (unpaired) electrons. The molecule has 1 atom stereocenters. The van der Waals surface area contributed by atoms with Crippen molar-refractivity contribution >= 4 is 23.4 Å². The number of carbonyl (C=O) groups excluding carboxylic acids is 3. The van der Waals surface area contributed by atoms with E-state index < -0.39 is 23.7 Å². The number of hydrogen-bond donors (Lipinski definition) is 1. The zero-order valence-corrected chi connectivity index (χ0v) is 25.5. The number of esters is 1. The number of carbonyl (C=O) groups is 3. The molecule has 1 heterocycles. The average Bonchev–Trinajstić information content (AvgIpc) is 3.08. The summed E-state index contributed by atoms with van der Waals surface area (Å²) in [7, 11) is 5.86. The summed E-state index contributed by atoms with van der Waals surface area (Å²) in [5.41, 5.74) is 0.751. The van der Waals surface area contributed by atoms with Crippen molar-refractivity contribution in [3.05, 3.63) is 41.5 Å².